The maximum Gasteiger partial charge on any atom is 0.0443 e. The van der Waals surface area contributed by atoms with E-state index in [2.05, 4.69) is 16.7 Å². The molecule has 1 rings (SSSR count). The number of hydrogen-bond acceptors (Lipinski definition) is 4. The Morgan fingerprint density at radius 2 is 1.73 bits per heavy atom. The number of nitrogens with zero attached hydrogens (tertiary/aromatic N) is 2. The van der Waals surface area contributed by atoms with Crippen molar-refractivity contribution in [3.8, 4) is 0 Å². The maximum atomic E-state index is 8.79. The van der Waals surface area contributed by atoms with Gasteiger partial charge >= 0.3 is 0 Å². The lowest BCUT2D eigenvalue weighted by atomic mass is 10.1. The van der Waals surface area contributed by atoms with Crippen molar-refractivity contribution in [2.45, 2.75) is 25.8 Å². The molecule has 0 aliphatic carbocycles. The van der Waals surface area contributed by atoms with Gasteiger partial charge in [0.15, 0.2) is 0 Å². The minimum absolute atomic E-state index is 0.289. The van der Waals surface area contributed by atoms with Gasteiger partial charge < -0.3 is 15.1 Å². The van der Waals surface area contributed by atoms with Crippen molar-refractivity contribution in [1.82, 2.24) is 9.80 Å². The monoisotopic (exact) mass is 216 g/mol. The highest BCUT2D eigenvalue weighted by atomic mass is 16.3. The number of hydrogen-bond donors (Lipinski definition) is 2. The summed E-state index contributed by atoms with van der Waals surface area (Å²) in [6.45, 7) is 8.10. The van der Waals surface area contributed by atoms with Crippen LogP contribution in [0.1, 0.15) is 19.8 Å². The van der Waals surface area contributed by atoms with Crippen LogP contribution < -0.4 is 0 Å². The molecular weight excluding hydrogens is 192 g/mol. The van der Waals surface area contributed by atoms with Crippen LogP contribution in [0.3, 0.4) is 0 Å². The molecule has 1 unspecified atom stereocenters. The molecule has 0 spiro atoms. The van der Waals surface area contributed by atoms with Gasteiger partial charge in [-0.2, -0.15) is 0 Å². The summed E-state index contributed by atoms with van der Waals surface area (Å²) in [5, 5.41) is 17.6. The van der Waals surface area contributed by atoms with Crippen molar-refractivity contribution in [2.75, 3.05) is 45.9 Å². The summed E-state index contributed by atoms with van der Waals surface area (Å²) >= 11 is 0. The molecule has 1 atom stereocenters. The normalized spacial score (nSPS) is 24.6. The Morgan fingerprint density at radius 3 is 2.33 bits per heavy atom. The molecule has 1 aliphatic rings. The van der Waals surface area contributed by atoms with Crippen LogP contribution in [0.2, 0.25) is 0 Å². The Bertz CT molecular complexity index is 167. The fraction of sp³-hybridized carbons (Fsp3) is 1.00. The molecule has 4 heteroatoms. The average Bonchev–Trinajstić information content (AvgIpc) is 2.25. The predicted octanol–water partition coefficient (Wildman–Crippen LogP) is -0.243. The zero-order valence-electron chi connectivity index (χ0n) is 9.73. The van der Waals surface area contributed by atoms with Gasteiger partial charge in [0.2, 0.25) is 0 Å². The van der Waals surface area contributed by atoms with Gasteiger partial charge in [-0.3, -0.25) is 4.90 Å². The summed E-state index contributed by atoms with van der Waals surface area (Å²) in [5.41, 5.74) is 0. The van der Waals surface area contributed by atoms with Crippen LogP contribution in [0, 0.1) is 0 Å². The van der Waals surface area contributed by atoms with E-state index in [1.54, 1.807) is 0 Å². The van der Waals surface area contributed by atoms with Crippen molar-refractivity contribution >= 4 is 0 Å². The predicted molar refractivity (Wildman–Crippen MR) is 60.9 cm³/mol. The highest BCUT2D eigenvalue weighted by Gasteiger charge is 2.22. The summed E-state index contributed by atoms with van der Waals surface area (Å²) in [6, 6.07) is 0.573. The summed E-state index contributed by atoms with van der Waals surface area (Å²) in [7, 11) is 0. The van der Waals surface area contributed by atoms with E-state index in [4.69, 9.17) is 10.2 Å². The molecular formula is C11H24N2O2. The molecule has 0 aromatic heterocycles. The second kappa shape index (κ2) is 7.17. The molecule has 1 aliphatic heterocycles. The maximum absolute atomic E-state index is 8.79. The van der Waals surface area contributed by atoms with Gasteiger partial charge in [-0.05, 0) is 19.8 Å². The summed E-state index contributed by atoms with van der Waals surface area (Å²) in [6.07, 6.45) is 1.75. The van der Waals surface area contributed by atoms with Gasteiger partial charge in [0, 0.05) is 52.0 Å². The van der Waals surface area contributed by atoms with Gasteiger partial charge in [0.1, 0.15) is 0 Å². The molecule has 0 amide bonds. The molecule has 1 fully saturated rings. The van der Waals surface area contributed by atoms with Crippen LogP contribution in [0.25, 0.3) is 0 Å². The van der Waals surface area contributed by atoms with Crippen molar-refractivity contribution in [2.24, 2.45) is 0 Å². The van der Waals surface area contributed by atoms with E-state index < -0.39 is 0 Å². The van der Waals surface area contributed by atoms with Crippen LogP contribution >= 0.6 is 0 Å². The van der Waals surface area contributed by atoms with Gasteiger partial charge in [-0.25, -0.2) is 0 Å². The lowest BCUT2D eigenvalue weighted by molar-refractivity contribution is 0.0739. The van der Waals surface area contributed by atoms with Gasteiger partial charge in [0.25, 0.3) is 0 Å². The second-order valence-corrected chi connectivity index (χ2v) is 4.34. The van der Waals surface area contributed by atoms with E-state index in [0.29, 0.717) is 12.6 Å². The summed E-state index contributed by atoms with van der Waals surface area (Å²) in [5.74, 6) is 0. The molecule has 15 heavy (non-hydrogen) atoms. The summed E-state index contributed by atoms with van der Waals surface area (Å²) in [4.78, 5) is 4.85. The Morgan fingerprint density at radius 1 is 1.07 bits per heavy atom. The van der Waals surface area contributed by atoms with E-state index in [-0.39, 0.29) is 6.61 Å². The largest absolute Gasteiger partial charge is 0.396 e. The van der Waals surface area contributed by atoms with Crippen molar-refractivity contribution in [3.63, 3.8) is 0 Å². The Labute approximate surface area is 92.5 Å². The van der Waals surface area contributed by atoms with Gasteiger partial charge in [0.05, 0.1) is 0 Å². The summed E-state index contributed by atoms with van der Waals surface area (Å²) < 4.78 is 0. The minimum Gasteiger partial charge on any atom is -0.396 e. The zero-order chi connectivity index (χ0) is 11.1. The molecule has 0 radical (unpaired) electrons. The Kier molecular flexibility index (Phi) is 6.17. The van der Waals surface area contributed by atoms with Crippen LogP contribution in [0.4, 0.5) is 0 Å². The van der Waals surface area contributed by atoms with E-state index in [0.717, 1.165) is 45.6 Å². The molecule has 0 bridgehead atoms. The first-order valence-electron chi connectivity index (χ1n) is 5.96. The lowest BCUT2D eigenvalue weighted by Crippen LogP contribution is -2.52. The zero-order valence-corrected chi connectivity index (χ0v) is 9.73. The lowest BCUT2D eigenvalue weighted by Gasteiger charge is -2.39. The van der Waals surface area contributed by atoms with E-state index in [9.17, 15) is 0 Å². The highest BCUT2D eigenvalue weighted by molar-refractivity contribution is 4.78. The van der Waals surface area contributed by atoms with Crippen molar-refractivity contribution in [1.29, 1.82) is 0 Å². The van der Waals surface area contributed by atoms with E-state index >= 15 is 0 Å². The highest BCUT2D eigenvalue weighted by Crippen LogP contribution is 2.09. The Hall–Kier alpha value is -0.160. The third-order valence-corrected chi connectivity index (χ3v) is 3.09. The number of rotatable bonds is 6. The standard InChI is InChI=1S/C11H24N2O2/c1-11-10-12(4-2-8-14)6-7-13(11)5-3-9-15/h11,14-15H,2-10H2,1H3. The molecule has 0 aromatic rings. The molecule has 2 N–H and O–H groups in total. The van der Waals surface area contributed by atoms with Crippen LogP contribution in [0.5, 0.6) is 0 Å². The number of aliphatic hydroxyl groups excluding tert-OH is 2. The number of aliphatic hydroxyl groups is 2. The molecule has 1 heterocycles. The van der Waals surface area contributed by atoms with Crippen molar-refractivity contribution < 1.29 is 10.2 Å². The molecule has 0 saturated carbocycles. The third-order valence-electron chi connectivity index (χ3n) is 3.09. The van der Waals surface area contributed by atoms with Gasteiger partial charge in [-0.15, -0.1) is 0 Å². The quantitative estimate of drug-likeness (QED) is 0.643. The van der Waals surface area contributed by atoms with Crippen LogP contribution in [0.15, 0.2) is 0 Å². The smallest absolute Gasteiger partial charge is 0.0443 e. The fourth-order valence-corrected chi connectivity index (χ4v) is 2.17. The minimum atomic E-state index is 0.289. The topological polar surface area (TPSA) is 46.9 Å². The molecule has 4 nitrogen and oxygen atoms in total. The third kappa shape index (κ3) is 4.47. The number of piperazine rings is 1. The van der Waals surface area contributed by atoms with Crippen LogP contribution in [-0.4, -0.2) is 72.0 Å². The molecule has 1 saturated heterocycles. The SMILES string of the molecule is CC1CN(CCCO)CCN1CCCO. The van der Waals surface area contributed by atoms with Crippen molar-refractivity contribution in [3.05, 3.63) is 0 Å². The molecule has 0 aromatic carbocycles. The van der Waals surface area contributed by atoms with Crippen LogP contribution in [-0.2, 0) is 0 Å². The average molecular weight is 216 g/mol. The molecule has 90 valence electrons. The first-order chi connectivity index (χ1) is 7.27. The van der Waals surface area contributed by atoms with Gasteiger partial charge in [-0.1, -0.05) is 0 Å². The van der Waals surface area contributed by atoms with E-state index in [1.165, 1.54) is 0 Å². The first-order valence-corrected chi connectivity index (χ1v) is 5.96. The van der Waals surface area contributed by atoms with E-state index in [1.807, 2.05) is 0 Å². The second-order valence-electron chi connectivity index (χ2n) is 4.34. The first kappa shape index (κ1) is 12.9. The fourth-order valence-electron chi connectivity index (χ4n) is 2.17. The Balaban J connectivity index is 2.21.